The maximum Gasteiger partial charge on any atom is 0.407 e. The lowest BCUT2D eigenvalue weighted by atomic mass is 10.1. The molecule has 1 aliphatic rings. The number of hydrogen-bond acceptors (Lipinski definition) is 8. The first-order chi connectivity index (χ1) is 14.9. The lowest BCUT2D eigenvalue weighted by molar-refractivity contribution is 0.0509. The molecule has 2 heterocycles. The molecule has 0 radical (unpaired) electrons. The highest BCUT2D eigenvalue weighted by Crippen LogP contribution is 2.28. The Morgan fingerprint density at radius 1 is 1.25 bits per heavy atom. The topological polar surface area (TPSA) is 128 Å². The van der Waals surface area contributed by atoms with Gasteiger partial charge in [-0.3, -0.25) is 0 Å². The highest BCUT2D eigenvalue weighted by atomic mass is 32.2. The van der Waals surface area contributed by atoms with Gasteiger partial charge in [-0.1, -0.05) is 12.1 Å². The van der Waals surface area contributed by atoms with Crippen molar-refractivity contribution in [1.29, 1.82) is 0 Å². The third-order valence-corrected chi connectivity index (χ3v) is 7.26. The predicted octanol–water partition coefficient (Wildman–Crippen LogP) is 3.01. The lowest BCUT2D eigenvalue weighted by Gasteiger charge is -2.22. The van der Waals surface area contributed by atoms with Gasteiger partial charge in [0.15, 0.2) is 21.5 Å². The van der Waals surface area contributed by atoms with E-state index in [1.54, 1.807) is 44.3 Å². The molecule has 9 nitrogen and oxygen atoms in total. The smallest absolute Gasteiger partial charge is 0.407 e. The molecule has 3 rings (SSSR count). The van der Waals surface area contributed by atoms with Crippen molar-refractivity contribution < 1.29 is 17.9 Å². The number of carbonyl (C=O) groups is 1. The van der Waals surface area contributed by atoms with Crippen molar-refractivity contribution in [1.82, 2.24) is 15.3 Å². The molecule has 0 bridgehead atoms. The number of alkyl carbamates (subject to hydrolysis) is 1. The molecule has 0 spiro atoms. The molecule has 32 heavy (non-hydrogen) atoms. The summed E-state index contributed by atoms with van der Waals surface area (Å²) >= 11 is 0. The zero-order valence-corrected chi connectivity index (χ0v) is 19.9. The second-order valence-corrected chi connectivity index (χ2v) is 11.7. The van der Waals surface area contributed by atoms with Crippen molar-refractivity contribution >= 4 is 27.6 Å². The van der Waals surface area contributed by atoms with Crippen molar-refractivity contribution in [3.05, 3.63) is 30.5 Å². The molecule has 10 heteroatoms. The first kappa shape index (κ1) is 23.8. The van der Waals surface area contributed by atoms with Crippen molar-refractivity contribution in [2.75, 3.05) is 23.7 Å². The van der Waals surface area contributed by atoms with Crippen LogP contribution in [0.4, 0.5) is 16.4 Å². The number of sulfone groups is 1. The lowest BCUT2D eigenvalue weighted by Crippen LogP contribution is -2.40. The Balaban J connectivity index is 1.75. The van der Waals surface area contributed by atoms with Crippen LogP contribution in [0.2, 0.25) is 0 Å². The zero-order valence-electron chi connectivity index (χ0n) is 19.1. The number of ether oxygens (including phenoxy) is 1. The minimum absolute atomic E-state index is 0.0878. The first-order valence-corrected chi connectivity index (χ1v) is 12.1. The van der Waals surface area contributed by atoms with E-state index in [0.717, 1.165) is 12.0 Å². The highest BCUT2D eigenvalue weighted by molar-refractivity contribution is 7.92. The molecular formula is C22H31N5O4S. The molecule has 174 valence electrons. The maximum absolute atomic E-state index is 12.3. The average molecular weight is 462 g/mol. The quantitative estimate of drug-likeness (QED) is 0.695. The van der Waals surface area contributed by atoms with E-state index in [1.165, 1.54) is 0 Å². The monoisotopic (exact) mass is 461 g/mol. The first-order valence-electron chi connectivity index (χ1n) is 10.6. The summed E-state index contributed by atoms with van der Waals surface area (Å²) in [6, 6.07) is 6.51. The van der Waals surface area contributed by atoms with E-state index >= 15 is 0 Å². The minimum atomic E-state index is -3.34. The third-order valence-electron chi connectivity index (χ3n) is 5.09. The minimum Gasteiger partial charge on any atom is -0.444 e. The van der Waals surface area contributed by atoms with E-state index in [0.29, 0.717) is 30.4 Å². The largest absolute Gasteiger partial charge is 0.444 e. The molecule has 1 aromatic heterocycles. The third kappa shape index (κ3) is 5.48. The fraction of sp³-hybridized carbons (Fsp3) is 0.500. The van der Waals surface area contributed by atoms with Crippen molar-refractivity contribution in [3.8, 4) is 11.3 Å². The number of nitrogen functional groups attached to an aromatic ring is 1. The summed E-state index contributed by atoms with van der Waals surface area (Å²) in [5.41, 5.74) is 6.86. The van der Waals surface area contributed by atoms with Gasteiger partial charge in [0.05, 0.1) is 28.1 Å². The van der Waals surface area contributed by atoms with Gasteiger partial charge in [0.25, 0.3) is 0 Å². The molecule has 1 amide bonds. The number of hydrogen-bond donors (Lipinski definition) is 2. The molecule has 1 saturated heterocycles. The number of nitrogens with one attached hydrogen (secondary N) is 1. The molecular weight excluding hydrogens is 430 g/mol. The van der Waals surface area contributed by atoms with Crippen LogP contribution in [-0.2, 0) is 14.6 Å². The number of anilines is 2. The summed E-state index contributed by atoms with van der Waals surface area (Å²) in [5.74, 6) is 0.834. The van der Waals surface area contributed by atoms with Crippen LogP contribution < -0.4 is 16.0 Å². The number of amides is 1. The van der Waals surface area contributed by atoms with Crippen LogP contribution in [0.15, 0.2) is 35.4 Å². The Morgan fingerprint density at radius 3 is 2.50 bits per heavy atom. The van der Waals surface area contributed by atoms with Gasteiger partial charge in [-0.25, -0.2) is 23.2 Å². The van der Waals surface area contributed by atoms with Crippen LogP contribution in [0.5, 0.6) is 0 Å². The zero-order chi connectivity index (χ0) is 23.7. The van der Waals surface area contributed by atoms with Crippen molar-refractivity contribution in [3.63, 3.8) is 0 Å². The fourth-order valence-corrected chi connectivity index (χ4v) is 4.45. The molecule has 1 aromatic carbocycles. The van der Waals surface area contributed by atoms with E-state index < -0.39 is 26.8 Å². The van der Waals surface area contributed by atoms with Crippen molar-refractivity contribution in [2.45, 2.75) is 62.8 Å². The van der Waals surface area contributed by atoms with Crippen LogP contribution >= 0.6 is 0 Å². The molecule has 1 aliphatic heterocycles. The predicted molar refractivity (Wildman–Crippen MR) is 124 cm³/mol. The Kier molecular flexibility index (Phi) is 6.64. The summed E-state index contributed by atoms with van der Waals surface area (Å²) in [4.78, 5) is 23.3. The van der Waals surface area contributed by atoms with Crippen LogP contribution in [0.3, 0.4) is 0 Å². The van der Waals surface area contributed by atoms with Gasteiger partial charge in [0.1, 0.15) is 5.60 Å². The van der Waals surface area contributed by atoms with Gasteiger partial charge in [0.2, 0.25) is 0 Å². The van der Waals surface area contributed by atoms with Crippen molar-refractivity contribution in [2.24, 2.45) is 0 Å². The van der Waals surface area contributed by atoms with Crippen LogP contribution in [0.1, 0.15) is 41.0 Å². The van der Waals surface area contributed by atoms with Crippen LogP contribution in [0, 0.1) is 0 Å². The summed E-state index contributed by atoms with van der Waals surface area (Å²) in [6.07, 6.45) is 1.84. The Bertz CT molecular complexity index is 1080. The normalized spacial score (nSPS) is 16.9. The van der Waals surface area contributed by atoms with E-state index in [2.05, 4.69) is 15.3 Å². The molecule has 0 saturated carbocycles. The second-order valence-electron chi connectivity index (χ2n) is 9.16. The number of rotatable bonds is 5. The van der Waals surface area contributed by atoms with E-state index in [1.807, 2.05) is 25.7 Å². The SMILES string of the molecule is CC(C)S(=O)(=O)c1ccc(-c2cnc(N)c(N3CCC(NC(=O)OC(C)(C)C)C3)n2)cc1. The van der Waals surface area contributed by atoms with E-state index in [4.69, 9.17) is 10.5 Å². The maximum atomic E-state index is 12.3. The van der Waals surface area contributed by atoms with Gasteiger partial charge < -0.3 is 20.7 Å². The average Bonchev–Trinajstić information content (AvgIpc) is 3.15. The van der Waals surface area contributed by atoms with Crippen LogP contribution in [-0.4, -0.2) is 54.5 Å². The van der Waals surface area contributed by atoms with Gasteiger partial charge in [-0.2, -0.15) is 0 Å². The standard InChI is InChI=1S/C22H31N5O4S/c1-14(2)32(29,30)17-8-6-15(7-9-17)18-12-24-19(23)20(26-18)27-11-10-16(13-27)25-21(28)31-22(3,4)5/h6-9,12,14,16H,10-11,13H2,1-5H3,(H2,23,24)(H,25,28). The summed E-state index contributed by atoms with van der Waals surface area (Å²) in [7, 11) is -3.34. The highest BCUT2D eigenvalue weighted by Gasteiger charge is 2.28. The molecule has 1 fully saturated rings. The Hall–Kier alpha value is -2.88. The summed E-state index contributed by atoms with van der Waals surface area (Å²) in [6.45, 7) is 9.96. The van der Waals surface area contributed by atoms with Gasteiger partial charge in [-0.15, -0.1) is 0 Å². The summed E-state index contributed by atoms with van der Waals surface area (Å²) in [5, 5.41) is 2.39. The number of nitrogens with zero attached hydrogens (tertiary/aromatic N) is 3. The van der Waals surface area contributed by atoms with Crippen LogP contribution in [0.25, 0.3) is 11.3 Å². The fourth-order valence-electron chi connectivity index (χ4n) is 3.39. The second kappa shape index (κ2) is 8.93. The Morgan fingerprint density at radius 2 is 1.91 bits per heavy atom. The van der Waals surface area contributed by atoms with E-state index in [-0.39, 0.29) is 10.9 Å². The molecule has 3 N–H and O–H groups in total. The molecule has 1 unspecified atom stereocenters. The summed E-state index contributed by atoms with van der Waals surface area (Å²) < 4.78 is 30.0. The van der Waals surface area contributed by atoms with Gasteiger partial charge in [-0.05, 0) is 53.2 Å². The molecule has 1 atom stereocenters. The number of aromatic nitrogens is 2. The number of nitrogens with two attached hydrogens (primary N) is 1. The van der Waals surface area contributed by atoms with Gasteiger partial charge >= 0.3 is 6.09 Å². The number of carbonyl (C=O) groups excluding carboxylic acids is 1. The van der Waals surface area contributed by atoms with E-state index in [9.17, 15) is 13.2 Å². The number of benzene rings is 1. The molecule has 0 aliphatic carbocycles. The van der Waals surface area contributed by atoms with Gasteiger partial charge in [0, 0.05) is 18.7 Å². The molecule has 2 aromatic rings. The Labute approximate surface area is 189 Å².